The van der Waals surface area contributed by atoms with Crippen molar-refractivity contribution in [2.45, 2.75) is 6.42 Å². The molecule has 3 nitrogen and oxygen atoms in total. The molecule has 0 spiro atoms. The summed E-state index contributed by atoms with van der Waals surface area (Å²) in [6.45, 7) is 0.916. The molecule has 0 unspecified atom stereocenters. The topological polar surface area (TPSA) is 29.0 Å². The highest BCUT2D eigenvalue weighted by atomic mass is 35.5. The predicted molar refractivity (Wildman–Crippen MR) is 64.2 cm³/mol. The Labute approximate surface area is 98.7 Å². The first-order valence-electron chi connectivity index (χ1n) is 5.18. The van der Waals surface area contributed by atoms with Gasteiger partial charge >= 0.3 is 0 Å². The van der Waals surface area contributed by atoms with Crippen LogP contribution in [0.3, 0.4) is 0 Å². The van der Waals surface area contributed by atoms with Crippen molar-refractivity contribution in [3.8, 4) is 0 Å². The van der Waals surface area contributed by atoms with Gasteiger partial charge in [-0.3, -0.25) is 0 Å². The zero-order chi connectivity index (χ0) is 11.0. The maximum absolute atomic E-state index is 5.89. The molecule has 2 aromatic rings. The highest BCUT2D eigenvalue weighted by Gasteiger charge is 2.21. The van der Waals surface area contributed by atoms with Gasteiger partial charge in [-0.2, -0.15) is 0 Å². The first kappa shape index (κ1) is 9.60. The molecule has 0 aliphatic carbocycles. The SMILES string of the molecule is Clc1cccc(N2CCc3cccnc32)n1. The zero-order valence-corrected chi connectivity index (χ0v) is 9.35. The minimum Gasteiger partial charge on any atom is -0.310 e. The highest BCUT2D eigenvalue weighted by Crippen LogP contribution is 2.31. The van der Waals surface area contributed by atoms with Gasteiger partial charge in [0.15, 0.2) is 0 Å². The summed E-state index contributed by atoms with van der Waals surface area (Å²) in [6.07, 6.45) is 2.82. The van der Waals surface area contributed by atoms with Gasteiger partial charge in [-0.1, -0.05) is 23.7 Å². The van der Waals surface area contributed by atoms with Gasteiger partial charge in [0.25, 0.3) is 0 Å². The maximum Gasteiger partial charge on any atom is 0.137 e. The van der Waals surface area contributed by atoms with Crippen LogP contribution in [-0.2, 0) is 6.42 Å². The van der Waals surface area contributed by atoms with Gasteiger partial charge in [-0.15, -0.1) is 0 Å². The van der Waals surface area contributed by atoms with Crippen molar-refractivity contribution >= 4 is 23.2 Å². The van der Waals surface area contributed by atoms with Crippen LogP contribution in [0.5, 0.6) is 0 Å². The normalized spacial score (nSPS) is 13.9. The first-order chi connectivity index (χ1) is 7.84. The summed E-state index contributed by atoms with van der Waals surface area (Å²) in [5, 5.41) is 0.516. The van der Waals surface area contributed by atoms with Gasteiger partial charge < -0.3 is 4.90 Å². The third-order valence-corrected chi connectivity index (χ3v) is 2.92. The van der Waals surface area contributed by atoms with E-state index in [1.807, 2.05) is 24.4 Å². The van der Waals surface area contributed by atoms with E-state index in [9.17, 15) is 0 Å². The average molecular weight is 232 g/mol. The number of rotatable bonds is 1. The number of anilines is 2. The molecule has 0 bridgehead atoms. The van der Waals surface area contributed by atoms with E-state index in [1.165, 1.54) is 5.56 Å². The Kier molecular flexibility index (Phi) is 2.26. The molecule has 3 rings (SSSR count). The van der Waals surface area contributed by atoms with Crippen molar-refractivity contribution in [1.82, 2.24) is 9.97 Å². The number of halogens is 1. The lowest BCUT2D eigenvalue weighted by Crippen LogP contribution is -2.15. The van der Waals surface area contributed by atoms with Gasteiger partial charge in [0.2, 0.25) is 0 Å². The van der Waals surface area contributed by atoms with Crippen LogP contribution in [0, 0.1) is 0 Å². The fraction of sp³-hybridized carbons (Fsp3) is 0.167. The van der Waals surface area contributed by atoms with Gasteiger partial charge in [-0.25, -0.2) is 9.97 Å². The molecule has 3 heterocycles. The summed E-state index contributed by atoms with van der Waals surface area (Å²) in [7, 11) is 0. The van der Waals surface area contributed by atoms with Gasteiger partial charge in [0.1, 0.15) is 16.8 Å². The lowest BCUT2D eigenvalue weighted by Gasteiger charge is -2.16. The van der Waals surface area contributed by atoms with Crippen LogP contribution in [0.25, 0.3) is 0 Å². The second-order valence-corrected chi connectivity index (χ2v) is 4.09. The molecule has 4 heteroatoms. The van der Waals surface area contributed by atoms with Crippen molar-refractivity contribution in [3.05, 3.63) is 47.2 Å². The minimum atomic E-state index is 0.516. The van der Waals surface area contributed by atoms with Crippen molar-refractivity contribution in [2.24, 2.45) is 0 Å². The lowest BCUT2D eigenvalue weighted by atomic mass is 10.2. The molecule has 0 amide bonds. The number of hydrogen-bond donors (Lipinski definition) is 0. The summed E-state index contributed by atoms with van der Waals surface area (Å²) in [5.74, 6) is 1.86. The molecule has 16 heavy (non-hydrogen) atoms. The van der Waals surface area contributed by atoms with Crippen LogP contribution in [0.2, 0.25) is 5.15 Å². The maximum atomic E-state index is 5.89. The average Bonchev–Trinajstić information content (AvgIpc) is 2.72. The predicted octanol–water partition coefficient (Wildman–Crippen LogP) is 2.82. The molecular formula is C12H10ClN3. The molecule has 1 aliphatic rings. The Balaban J connectivity index is 2.05. The number of aromatic nitrogens is 2. The smallest absolute Gasteiger partial charge is 0.137 e. The summed E-state index contributed by atoms with van der Waals surface area (Å²) in [5.41, 5.74) is 1.27. The molecular weight excluding hydrogens is 222 g/mol. The molecule has 0 aromatic carbocycles. The Morgan fingerprint density at radius 2 is 2.12 bits per heavy atom. The van der Waals surface area contributed by atoms with E-state index >= 15 is 0 Å². The van der Waals surface area contributed by atoms with E-state index in [2.05, 4.69) is 20.9 Å². The van der Waals surface area contributed by atoms with E-state index in [4.69, 9.17) is 11.6 Å². The quantitative estimate of drug-likeness (QED) is 0.707. The third-order valence-electron chi connectivity index (χ3n) is 2.70. The highest BCUT2D eigenvalue weighted by molar-refractivity contribution is 6.29. The van der Waals surface area contributed by atoms with E-state index in [-0.39, 0.29) is 0 Å². The zero-order valence-electron chi connectivity index (χ0n) is 8.60. The molecule has 0 radical (unpaired) electrons. The Bertz CT molecular complexity index is 527. The number of fused-ring (bicyclic) bond motifs is 1. The summed E-state index contributed by atoms with van der Waals surface area (Å²) in [4.78, 5) is 10.8. The van der Waals surface area contributed by atoms with E-state index in [0.29, 0.717) is 5.15 Å². The fourth-order valence-electron chi connectivity index (χ4n) is 1.98. The molecule has 1 aliphatic heterocycles. The van der Waals surface area contributed by atoms with Crippen LogP contribution >= 0.6 is 11.6 Å². The number of pyridine rings is 2. The van der Waals surface area contributed by atoms with Gasteiger partial charge in [0, 0.05) is 12.7 Å². The third kappa shape index (κ3) is 1.53. The van der Waals surface area contributed by atoms with Crippen molar-refractivity contribution in [1.29, 1.82) is 0 Å². The molecule has 0 fully saturated rings. The molecule has 2 aromatic heterocycles. The van der Waals surface area contributed by atoms with Crippen LogP contribution in [-0.4, -0.2) is 16.5 Å². The van der Waals surface area contributed by atoms with Crippen LogP contribution in [0.4, 0.5) is 11.6 Å². The van der Waals surface area contributed by atoms with Crippen molar-refractivity contribution in [3.63, 3.8) is 0 Å². The first-order valence-corrected chi connectivity index (χ1v) is 5.56. The molecule has 0 saturated carbocycles. The number of hydrogen-bond acceptors (Lipinski definition) is 3. The molecule has 80 valence electrons. The van der Waals surface area contributed by atoms with Gasteiger partial charge in [0.05, 0.1) is 0 Å². The molecule has 0 atom stereocenters. The van der Waals surface area contributed by atoms with Crippen molar-refractivity contribution in [2.75, 3.05) is 11.4 Å². The fourth-order valence-corrected chi connectivity index (χ4v) is 2.14. The van der Waals surface area contributed by atoms with Gasteiger partial charge in [-0.05, 0) is 30.2 Å². The Hall–Kier alpha value is -1.61. The lowest BCUT2D eigenvalue weighted by molar-refractivity contribution is 0.966. The van der Waals surface area contributed by atoms with E-state index in [1.54, 1.807) is 6.07 Å². The summed E-state index contributed by atoms with van der Waals surface area (Å²) < 4.78 is 0. The minimum absolute atomic E-state index is 0.516. The molecule has 0 saturated heterocycles. The van der Waals surface area contributed by atoms with Crippen LogP contribution in [0.1, 0.15) is 5.56 Å². The summed E-state index contributed by atoms with van der Waals surface area (Å²) in [6, 6.07) is 9.71. The largest absolute Gasteiger partial charge is 0.310 e. The van der Waals surface area contributed by atoms with Crippen molar-refractivity contribution < 1.29 is 0 Å². The summed E-state index contributed by atoms with van der Waals surface area (Å²) >= 11 is 5.89. The second-order valence-electron chi connectivity index (χ2n) is 3.71. The number of nitrogens with zero attached hydrogens (tertiary/aromatic N) is 3. The second kappa shape index (κ2) is 3.76. The van der Waals surface area contributed by atoms with E-state index < -0.39 is 0 Å². The monoisotopic (exact) mass is 231 g/mol. The standard InChI is InChI=1S/C12H10ClN3/c13-10-4-1-5-11(15-10)16-8-6-9-3-2-7-14-12(9)16/h1-5,7H,6,8H2. The Morgan fingerprint density at radius 1 is 1.19 bits per heavy atom. The molecule has 0 N–H and O–H groups in total. The Morgan fingerprint density at radius 3 is 3.00 bits per heavy atom. The van der Waals surface area contributed by atoms with Crippen LogP contribution in [0.15, 0.2) is 36.5 Å². The van der Waals surface area contributed by atoms with Crippen LogP contribution < -0.4 is 4.90 Å². The van der Waals surface area contributed by atoms with E-state index in [0.717, 1.165) is 24.6 Å².